The van der Waals surface area contributed by atoms with Crippen LogP contribution in [-0.2, 0) is 0 Å². The van der Waals surface area contributed by atoms with E-state index in [1.54, 1.807) is 18.2 Å². The maximum absolute atomic E-state index is 12.2. The van der Waals surface area contributed by atoms with Crippen molar-refractivity contribution in [1.29, 1.82) is 5.26 Å². The molecule has 0 spiro atoms. The fourth-order valence-corrected chi connectivity index (χ4v) is 1.43. The minimum atomic E-state index is 0.0897. The van der Waals surface area contributed by atoms with E-state index in [2.05, 4.69) is 4.98 Å². The van der Waals surface area contributed by atoms with Crippen molar-refractivity contribution >= 4 is 23.4 Å². The SMILES string of the molecule is N#Cc1ccc2c(c1)ncn2SF. The first-order valence-electron chi connectivity index (χ1n) is 3.51. The van der Waals surface area contributed by atoms with Gasteiger partial charge >= 0.3 is 0 Å². The van der Waals surface area contributed by atoms with Crippen LogP contribution in [0.4, 0.5) is 3.89 Å². The van der Waals surface area contributed by atoms with Crippen LogP contribution >= 0.6 is 12.3 Å². The molecule has 0 saturated heterocycles. The Morgan fingerprint density at radius 3 is 3.08 bits per heavy atom. The number of benzene rings is 1. The predicted octanol–water partition coefficient (Wildman–Crippen LogP) is 2.29. The molecule has 0 bridgehead atoms. The lowest BCUT2D eigenvalue weighted by atomic mass is 10.2. The molecule has 0 N–H and O–H groups in total. The van der Waals surface area contributed by atoms with E-state index < -0.39 is 0 Å². The average Bonchev–Trinajstić information content (AvgIpc) is 2.59. The number of halogens is 1. The molecule has 2 rings (SSSR count). The maximum atomic E-state index is 12.2. The summed E-state index contributed by atoms with van der Waals surface area (Å²) in [5.74, 6) is 0. The van der Waals surface area contributed by atoms with Gasteiger partial charge in [-0.1, -0.05) is 0 Å². The summed E-state index contributed by atoms with van der Waals surface area (Å²) in [5, 5.41) is 8.60. The third-order valence-electron chi connectivity index (χ3n) is 1.72. The molecule has 1 aromatic heterocycles. The van der Waals surface area contributed by atoms with Crippen molar-refractivity contribution in [3.63, 3.8) is 0 Å². The molecule has 0 unspecified atom stereocenters. The number of hydrogen-bond acceptors (Lipinski definition) is 3. The van der Waals surface area contributed by atoms with Gasteiger partial charge in [0.25, 0.3) is 0 Å². The zero-order valence-corrected chi connectivity index (χ0v) is 7.25. The number of fused-ring (bicyclic) bond motifs is 1. The van der Waals surface area contributed by atoms with Crippen LogP contribution in [0, 0.1) is 11.3 Å². The molecule has 0 fully saturated rings. The third-order valence-corrected chi connectivity index (χ3v) is 2.16. The highest BCUT2D eigenvalue weighted by atomic mass is 32.2. The van der Waals surface area contributed by atoms with Gasteiger partial charge in [0.15, 0.2) is 12.3 Å². The van der Waals surface area contributed by atoms with Crippen LogP contribution in [0.15, 0.2) is 24.5 Å². The number of nitriles is 1. The second kappa shape index (κ2) is 3.07. The second-order valence-corrected chi connectivity index (χ2v) is 2.99. The zero-order chi connectivity index (χ0) is 9.26. The van der Waals surface area contributed by atoms with E-state index in [1.807, 2.05) is 6.07 Å². The van der Waals surface area contributed by atoms with E-state index in [1.165, 1.54) is 10.3 Å². The standard InChI is InChI=1S/C8H4FN3S/c9-13-12-5-11-7-3-6(4-10)1-2-8(7)12/h1-3,5H. The van der Waals surface area contributed by atoms with E-state index in [0.717, 1.165) is 0 Å². The Bertz CT molecular complexity index is 486. The molecule has 0 atom stereocenters. The molecule has 13 heavy (non-hydrogen) atoms. The van der Waals surface area contributed by atoms with Crippen molar-refractivity contribution in [2.75, 3.05) is 0 Å². The summed E-state index contributed by atoms with van der Waals surface area (Å²) in [6.07, 6.45) is 1.39. The smallest absolute Gasteiger partial charge is 0.171 e. The van der Waals surface area contributed by atoms with Crippen molar-refractivity contribution in [1.82, 2.24) is 8.96 Å². The zero-order valence-electron chi connectivity index (χ0n) is 6.44. The van der Waals surface area contributed by atoms with Crippen molar-refractivity contribution in [2.24, 2.45) is 0 Å². The van der Waals surface area contributed by atoms with Gasteiger partial charge < -0.3 is 0 Å². The average molecular weight is 193 g/mol. The van der Waals surface area contributed by atoms with Crippen molar-refractivity contribution in [3.8, 4) is 6.07 Å². The highest BCUT2D eigenvalue weighted by Crippen LogP contribution is 2.19. The van der Waals surface area contributed by atoms with Crippen LogP contribution in [0.3, 0.4) is 0 Å². The van der Waals surface area contributed by atoms with Crippen LogP contribution in [-0.4, -0.2) is 8.96 Å². The topological polar surface area (TPSA) is 41.6 Å². The van der Waals surface area contributed by atoms with Gasteiger partial charge in [0.2, 0.25) is 0 Å². The van der Waals surface area contributed by atoms with Crippen LogP contribution < -0.4 is 0 Å². The van der Waals surface area contributed by atoms with Crippen LogP contribution in [0.5, 0.6) is 0 Å². The molecule has 0 aliphatic carbocycles. The summed E-state index contributed by atoms with van der Waals surface area (Å²) in [4.78, 5) is 3.95. The molecule has 0 radical (unpaired) electrons. The summed E-state index contributed by atoms with van der Waals surface area (Å²) >= 11 is 0.0897. The Hall–Kier alpha value is -1.54. The number of imidazole rings is 1. The second-order valence-electron chi connectivity index (χ2n) is 2.45. The highest BCUT2D eigenvalue weighted by molar-refractivity contribution is 7.92. The number of nitrogens with zero attached hydrogens (tertiary/aromatic N) is 3. The summed E-state index contributed by atoms with van der Waals surface area (Å²) in [5.41, 5.74) is 1.83. The van der Waals surface area contributed by atoms with Crippen molar-refractivity contribution in [3.05, 3.63) is 30.1 Å². The summed E-state index contributed by atoms with van der Waals surface area (Å²) in [6, 6.07) is 6.93. The van der Waals surface area contributed by atoms with Crippen LogP contribution in [0.2, 0.25) is 0 Å². The first-order chi connectivity index (χ1) is 6.35. The highest BCUT2D eigenvalue weighted by Gasteiger charge is 2.03. The van der Waals surface area contributed by atoms with Gasteiger partial charge in [-0.2, -0.15) is 5.26 Å². The Labute approximate surface area is 78.2 Å². The normalized spacial score (nSPS) is 10.2. The third kappa shape index (κ3) is 1.25. The summed E-state index contributed by atoms with van der Waals surface area (Å²) in [7, 11) is 0. The van der Waals surface area contributed by atoms with E-state index in [0.29, 0.717) is 16.6 Å². The van der Waals surface area contributed by atoms with Crippen LogP contribution in [0.1, 0.15) is 5.56 Å². The van der Waals surface area contributed by atoms with E-state index in [-0.39, 0.29) is 12.3 Å². The number of rotatable bonds is 1. The molecule has 1 aromatic carbocycles. The van der Waals surface area contributed by atoms with Gasteiger partial charge in [-0.05, 0) is 18.2 Å². The van der Waals surface area contributed by atoms with Gasteiger partial charge in [-0.3, -0.25) is 0 Å². The molecule has 0 amide bonds. The van der Waals surface area contributed by atoms with E-state index in [4.69, 9.17) is 5.26 Å². The molecule has 1 heterocycles. The molecular weight excluding hydrogens is 189 g/mol. The fourth-order valence-electron chi connectivity index (χ4n) is 1.11. The minimum Gasteiger partial charge on any atom is -0.245 e. The molecule has 0 aliphatic heterocycles. The minimum absolute atomic E-state index is 0.0897. The van der Waals surface area contributed by atoms with Gasteiger partial charge in [-0.15, -0.1) is 3.89 Å². The lowest BCUT2D eigenvalue weighted by Crippen LogP contribution is -1.79. The summed E-state index contributed by atoms with van der Waals surface area (Å²) < 4.78 is 13.5. The van der Waals surface area contributed by atoms with Gasteiger partial charge in [0.1, 0.15) is 6.33 Å². The van der Waals surface area contributed by atoms with Gasteiger partial charge in [0, 0.05) is 0 Å². The van der Waals surface area contributed by atoms with E-state index in [9.17, 15) is 3.89 Å². The van der Waals surface area contributed by atoms with Gasteiger partial charge in [0.05, 0.1) is 22.7 Å². The van der Waals surface area contributed by atoms with E-state index >= 15 is 0 Å². The quantitative estimate of drug-likeness (QED) is 0.697. The van der Waals surface area contributed by atoms with Gasteiger partial charge in [-0.25, -0.2) is 8.96 Å². The monoisotopic (exact) mass is 193 g/mol. The maximum Gasteiger partial charge on any atom is 0.171 e. The molecule has 2 aromatic rings. The first-order valence-corrected chi connectivity index (χ1v) is 4.19. The summed E-state index contributed by atoms with van der Waals surface area (Å²) in [6.45, 7) is 0. The first kappa shape index (κ1) is 8.08. The predicted molar refractivity (Wildman–Crippen MR) is 48.5 cm³/mol. The Morgan fingerprint density at radius 2 is 2.38 bits per heavy atom. The molecule has 3 nitrogen and oxygen atoms in total. The number of aromatic nitrogens is 2. The molecule has 0 saturated carbocycles. The molecular formula is C8H4FN3S. The van der Waals surface area contributed by atoms with Crippen LogP contribution in [0.25, 0.3) is 11.0 Å². The van der Waals surface area contributed by atoms with Crippen molar-refractivity contribution in [2.45, 2.75) is 0 Å². The lowest BCUT2D eigenvalue weighted by molar-refractivity contribution is 0.919. The Morgan fingerprint density at radius 1 is 1.54 bits per heavy atom. The number of hydrogen-bond donors (Lipinski definition) is 0. The fraction of sp³-hybridized carbons (Fsp3) is 0. The largest absolute Gasteiger partial charge is 0.245 e. The molecule has 0 aliphatic rings. The molecule has 64 valence electrons. The Kier molecular flexibility index (Phi) is 1.91. The lowest BCUT2D eigenvalue weighted by Gasteiger charge is -1.93. The van der Waals surface area contributed by atoms with Crippen molar-refractivity contribution < 1.29 is 3.89 Å². The molecule has 5 heteroatoms. The Balaban J connectivity index is 2.70.